The summed E-state index contributed by atoms with van der Waals surface area (Å²) in [5.41, 5.74) is 0.428. The van der Waals surface area contributed by atoms with Gasteiger partial charge in [-0.25, -0.2) is 9.37 Å². The standard InChI is InChI=1S/C13H10ClFN2OS/c14-11-5-2-6-16-13(11)19-8-12(18)17-10-4-1-3-9(15)7-10/h1-7H,8H2,(H,17,18). The fourth-order valence-electron chi connectivity index (χ4n) is 1.37. The van der Waals surface area contributed by atoms with Gasteiger partial charge in [0, 0.05) is 11.9 Å². The van der Waals surface area contributed by atoms with E-state index in [-0.39, 0.29) is 11.7 Å². The zero-order valence-electron chi connectivity index (χ0n) is 9.77. The highest BCUT2D eigenvalue weighted by Gasteiger charge is 2.07. The zero-order valence-corrected chi connectivity index (χ0v) is 11.3. The van der Waals surface area contributed by atoms with Gasteiger partial charge in [-0.15, -0.1) is 0 Å². The normalized spacial score (nSPS) is 10.2. The molecule has 0 radical (unpaired) electrons. The topological polar surface area (TPSA) is 42.0 Å². The van der Waals surface area contributed by atoms with Crippen LogP contribution in [0.2, 0.25) is 5.02 Å². The fraction of sp³-hybridized carbons (Fsp3) is 0.0769. The first-order valence-corrected chi connectivity index (χ1v) is 6.80. The molecule has 2 aromatic rings. The molecule has 0 bridgehead atoms. The maximum absolute atomic E-state index is 12.9. The van der Waals surface area contributed by atoms with Gasteiger partial charge in [0.25, 0.3) is 0 Å². The summed E-state index contributed by atoms with van der Waals surface area (Å²) in [6.07, 6.45) is 1.61. The van der Waals surface area contributed by atoms with Crippen molar-refractivity contribution in [2.24, 2.45) is 0 Å². The van der Waals surface area contributed by atoms with Crippen LogP contribution in [0, 0.1) is 5.82 Å². The summed E-state index contributed by atoms with van der Waals surface area (Å²) < 4.78 is 12.9. The maximum atomic E-state index is 12.9. The van der Waals surface area contributed by atoms with E-state index in [1.807, 2.05) is 0 Å². The number of nitrogens with zero attached hydrogens (tertiary/aromatic N) is 1. The zero-order chi connectivity index (χ0) is 13.7. The van der Waals surface area contributed by atoms with Crippen LogP contribution in [0.3, 0.4) is 0 Å². The number of rotatable bonds is 4. The number of aromatic nitrogens is 1. The number of nitrogens with one attached hydrogen (secondary N) is 1. The van der Waals surface area contributed by atoms with Crippen LogP contribution in [0.4, 0.5) is 10.1 Å². The second kappa shape index (κ2) is 6.54. The molecule has 6 heteroatoms. The maximum Gasteiger partial charge on any atom is 0.234 e. The molecule has 3 nitrogen and oxygen atoms in total. The number of pyridine rings is 1. The Hall–Kier alpha value is -1.59. The molecule has 1 aromatic heterocycles. The number of carbonyl (C=O) groups is 1. The molecule has 0 unspecified atom stereocenters. The van der Waals surface area contributed by atoms with E-state index in [4.69, 9.17) is 11.6 Å². The van der Waals surface area contributed by atoms with Crippen LogP contribution in [0.25, 0.3) is 0 Å². The third-order valence-corrected chi connectivity index (χ3v) is 3.60. The van der Waals surface area contributed by atoms with Gasteiger partial charge >= 0.3 is 0 Å². The van der Waals surface area contributed by atoms with Gasteiger partial charge in [-0.1, -0.05) is 29.4 Å². The smallest absolute Gasteiger partial charge is 0.234 e. The Morgan fingerprint density at radius 2 is 2.21 bits per heavy atom. The van der Waals surface area contributed by atoms with Crippen LogP contribution in [0.5, 0.6) is 0 Å². The van der Waals surface area contributed by atoms with Gasteiger partial charge in [0.05, 0.1) is 10.8 Å². The van der Waals surface area contributed by atoms with Crippen LogP contribution in [0.15, 0.2) is 47.6 Å². The lowest BCUT2D eigenvalue weighted by Gasteiger charge is -2.05. The molecule has 0 spiro atoms. The summed E-state index contributed by atoms with van der Waals surface area (Å²) in [6.45, 7) is 0. The summed E-state index contributed by atoms with van der Waals surface area (Å²) in [4.78, 5) is 15.7. The number of thioether (sulfide) groups is 1. The number of carbonyl (C=O) groups excluding carboxylic acids is 1. The number of amides is 1. The average molecular weight is 297 g/mol. The van der Waals surface area contributed by atoms with Gasteiger partial charge in [-0.3, -0.25) is 4.79 Å². The van der Waals surface area contributed by atoms with Crippen LogP contribution < -0.4 is 5.32 Å². The quantitative estimate of drug-likeness (QED) is 0.877. The van der Waals surface area contributed by atoms with E-state index in [1.165, 1.54) is 30.0 Å². The number of anilines is 1. The van der Waals surface area contributed by atoms with Crippen molar-refractivity contribution in [3.05, 3.63) is 53.4 Å². The lowest BCUT2D eigenvalue weighted by atomic mass is 10.3. The van der Waals surface area contributed by atoms with E-state index in [2.05, 4.69) is 10.3 Å². The van der Waals surface area contributed by atoms with E-state index in [0.29, 0.717) is 15.7 Å². The molecule has 0 saturated heterocycles. The Bertz CT molecular complexity index is 594. The van der Waals surface area contributed by atoms with Gasteiger partial charge in [-0.2, -0.15) is 0 Å². The first-order valence-electron chi connectivity index (χ1n) is 5.44. The van der Waals surface area contributed by atoms with Crippen LogP contribution >= 0.6 is 23.4 Å². The minimum atomic E-state index is -0.391. The fourth-order valence-corrected chi connectivity index (χ4v) is 2.34. The molecule has 1 aromatic carbocycles. The van der Waals surface area contributed by atoms with Crippen LogP contribution in [-0.2, 0) is 4.79 Å². The number of hydrogen-bond donors (Lipinski definition) is 1. The van der Waals surface area contributed by atoms with Crippen molar-refractivity contribution in [2.75, 3.05) is 11.1 Å². The highest BCUT2D eigenvalue weighted by molar-refractivity contribution is 8.00. The number of benzene rings is 1. The van der Waals surface area contributed by atoms with E-state index >= 15 is 0 Å². The van der Waals surface area contributed by atoms with Gasteiger partial charge in [0.2, 0.25) is 5.91 Å². The number of hydrogen-bond acceptors (Lipinski definition) is 3. The minimum Gasteiger partial charge on any atom is -0.325 e. The summed E-state index contributed by atoms with van der Waals surface area (Å²) in [7, 11) is 0. The molecule has 98 valence electrons. The lowest BCUT2D eigenvalue weighted by Crippen LogP contribution is -2.14. The third kappa shape index (κ3) is 4.22. The van der Waals surface area contributed by atoms with E-state index < -0.39 is 5.82 Å². The monoisotopic (exact) mass is 296 g/mol. The number of halogens is 2. The molecule has 1 N–H and O–H groups in total. The first kappa shape index (κ1) is 13.8. The molecule has 0 saturated carbocycles. The Labute approximate surface area is 119 Å². The van der Waals surface area contributed by atoms with Gasteiger partial charge in [0.1, 0.15) is 10.8 Å². The van der Waals surface area contributed by atoms with Crippen molar-refractivity contribution >= 4 is 35.0 Å². The van der Waals surface area contributed by atoms with Crippen LogP contribution in [0.1, 0.15) is 0 Å². The highest BCUT2D eigenvalue weighted by atomic mass is 35.5. The van der Waals surface area contributed by atoms with Crippen LogP contribution in [-0.4, -0.2) is 16.6 Å². The molecule has 1 heterocycles. The summed E-state index contributed by atoms with van der Waals surface area (Å²) in [5.74, 6) is -0.469. The largest absolute Gasteiger partial charge is 0.325 e. The molecule has 1 amide bonds. The van der Waals surface area contributed by atoms with Gasteiger partial charge in [0.15, 0.2) is 0 Å². The molecular weight excluding hydrogens is 287 g/mol. The van der Waals surface area contributed by atoms with E-state index in [0.717, 1.165) is 0 Å². The summed E-state index contributed by atoms with van der Waals surface area (Å²) in [6, 6.07) is 9.17. The highest BCUT2D eigenvalue weighted by Crippen LogP contribution is 2.24. The predicted molar refractivity (Wildman–Crippen MR) is 75.0 cm³/mol. The summed E-state index contributed by atoms with van der Waals surface area (Å²) >= 11 is 7.15. The van der Waals surface area contributed by atoms with E-state index in [9.17, 15) is 9.18 Å². The van der Waals surface area contributed by atoms with Crippen molar-refractivity contribution < 1.29 is 9.18 Å². The molecule has 0 aliphatic carbocycles. The molecule has 0 fully saturated rings. The van der Waals surface area contributed by atoms with Gasteiger partial charge in [-0.05, 0) is 30.3 Å². The summed E-state index contributed by atoms with van der Waals surface area (Å²) in [5, 5.41) is 3.70. The van der Waals surface area contributed by atoms with Crippen molar-refractivity contribution in [3.63, 3.8) is 0 Å². The SMILES string of the molecule is O=C(CSc1ncccc1Cl)Nc1cccc(F)c1. The molecule has 2 rings (SSSR count). The van der Waals surface area contributed by atoms with Crippen molar-refractivity contribution in [3.8, 4) is 0 Å². The van der Waals surface area contributed by atoms with Crippen molar-refractivity contribution in [1.82, 2.24) is 4.98 Å². The molecule has 19 heavy (non-hydrogen) atoms. The second-order valence-corrected chi connectivity index (χ2v) is 5.01. The lowest BCUT2D eigenvalue weighted by molar-refractivity contribution is -0.113. The minimum absolute atomic E-state index is 0.160. The van der Waals surface area contributed by atoms with Crippen molar-refractivity contribution in [2.45, 2.75) is 5.03 Å². The second-order valence-electron chi connectivity index (χ2n) is 3.64. The Morgan fingerprint density at radius 1 is 1.37 bits per heavy atom. The molecule has 0 aliphatic rings. The van der Waals surface area contributed by atoms with Gasteiger partial charge < -0.3 is 5.32 Å². The Kier molecular flexibility index (Phi) is 4.76. The van der Waals surface area contributed by atoms with E-state index in [1.54, 1.807) is 24.4 Å². The Balaban J connectivity index is 1.90. The van der Waals surface area contributed by atoms with Crippen molar-refractivity contribution in [1.29, 1.82) is 0 Å². The third-order valence-electron chi connectivity index (χ3n) is 2.17. The Morgan fingerprint density at radius 3 is 2.95 bits per heavy atom. The molecule has 0 aliphatic heterocycles. The predicted octanol–water partition coefficient (Wildman–Crippen LogP) is 3.60. The first-order chi connectivity index (χ1) is 9.15. The molecule has 0 atom stereocenters. The molecular formula is C13H10ClFN2OS. The average Bonchev–Trinajstić information content (AvgIpc) is 2.38.